The van der Waals surface area contributed by atoms with Crippen molar-refractivity contribution >= 4 is 5.69 Å². The average Bonchev–Trinajstić information content (AvgIpc) is 2.61. The Kier molecular flexibility index (Phi) is 2.50. The van der Waals surface area contributed by atoms with Crippen LogP contribution >= 0.6 is 0 Å². The molecule has 0 fully saturated rings. The Bertz CT molecular complexity index is 296. The van der Waals surface area contributed by atoms with Crippen LogP contribution in [0.5, 0.6) is 0 Å². The van der Waals surface area contributed by atoms with Gasteiger partial charge in [0.1, 0.15) is 0 Å². The molecule has 0 spiro atoms. The van der Waals surface area contributed by atoms with Gasteiger partial charge in [-0.1, -0.05) is 12.1 Å². The zero-order valence-electron chi connectivity index (χ0n) is 7.71. The quantitative estimate of drug-likeness (QED) is 0.734. The minimum atomic E-state index is 0.282. The molecule has 2 nitrogen and oxygen atoms in total. The van der Waals surface area contributed by atoms with Gasteiger partial charge in [0.05, 0.1) is 0 Å². The number of nitrogens with one attached hydrogen (secondary N) is 1. The summed E-state index contributed by atoms with van der Waals surface area (Å²) in [5.41, 5.74) is 4.03. The molecule has 0 amide bonds. The first kappa shape index (κ1) is 8.57. The smallest absolute Gasteiger partial charge is 0.0434 e. The molecule has 0 radical (unpaired) electrons. The number of aliphatic hydroxyl groups is 1. The Morgan fingerprint density at radius 3 is 3.15 bits per heavy atom. The fourth-order valence-electron chi connectivity index (χ4n) is 1.78. The van der Waals surface area contributed by atoms with E-state index in [9.17, 15) is 0 Å². The summed E-state index contributed by atoms with van der Waals surface area (Å²) in [4.78, 5) is 0. The van der Waals surface area contributed by atoms with Crippen LogP contribution in [0.3, 0.4) is 0 Å². The molecule has 1 heterocycles. The molecule has 2 N–H and O–H groups in total. The van der Waals surface area contributed by atoms with Gasteiger partial charge in [-0.05, 0) is 36.5 Å². The molecule has 13 heavy (non-hydrogen) atoms. The highest BCUT2D eigenvalue weighted by molar-refractivity contribution is 5.57. The highest BCUT2D eigenvalue weighted by atomic mass is 16.2. The molecule has 1 aromatic rings. The zero-order chi connectivity index (χ0) is 9.10. The van der Waals surface area contributed by atoms with E-state index in [1.165, 1.54) is 16.8 Å². The Hall–Kier alpha value is -1.02. The second-order valence-electron chi connectivity index (χ2n) is 3.50. The van der Waals surface area contributed by atoms with E-state index >= 15 is 0 Å². The summed E-state index contributed by atoms with van der Waals surface area (Å²) in [7, 11) is 0. The molecule has 0 bridgehead atoms. The van der Waals surface area contributed by atoms with Crippen LogP contribution in [0.4, 0.5) is 5.69 Å². The summed E-state index contributed by atoms with van der Waals surface area (Å²) in [6.45, 7) is 1.35. The topological polar surface area (TPSA) is 32.3 Å². The van der Waals surface area contributed by atoms with E-state index in [-0.39, 0.29) is 6.61 Å². The van der Waals surface area contributed by atoms with E-state index in [2.05, 4.69) is 23.5 Å². The number of fused-ring (bicyclic) bond motifs is 1. The van der Waals surface area contributed by atoms with Gasteiger partial charge in [0.15, 0.2) is 0 Å². The lowest BCUT2D eigenvalue weighted by atomic mass is 10.1. The number of aryl methyl sites for hydroxylation is 1. The molecule has 1 aliphatic rings. The van der Waals surface area contributed by atoms with Crippen LogP contribution in [0.15, 0.2) is 18.2 Å². The van der Waals surface area contributed by atoms with Crippen molar-refractivity contribution in [3.05, 3.63) is 29.3 Å². The minimum Gasteiger partial charge on any atom is -0.396 e. The van der Waals surface area contributed by atoms with Crippen molar-refractivity contribution in [2.24, 2.45) is 0 Å². The van der Waals surface area contributed by atoms with Gasteiger partial charge in [0.2, 0.25) is 0 Å². The van der Waals surface area contributed by atoms with Crippen molar-refractivity contribution in [2.75, 3.05) is 18.5 Å². The lowest BCUT2D eigenvalue weighted by molar-refractivity contribution is 0.288. The predicted octanol–water partition coefficient (Wildman–Crippen LogP) is 1.58. The third-order valence-electron chi connectivity index (χ3n) is 2.51. The largest absolute Gasteiger partial charge is 0.396 e. The number of hydrogen-bond donors (Lipinski definition) is 2. The van der Waals surface area contributed by atoms with E-state index in [0.717, 1.165) is 25.8 Å². The second kappa shape index (κ2) is 3.79. The van der Waals surface area contributed by atoms with Crippen molar-refractivity contribution < 1.29 is 5.11 Å². The lowest BCUT2D eigenvalue weighted by Crippen LogP contribution is -1.93. The van der Waals surface area contributed by atoms with Gasteiger partial charge in [-0.25, -0.2) is 0 Å². The number of rotatable bonds is 3. The zero-order valence-corrected chi connectivity index (χ0v) is 7.71. The molecule has 0 aliphatic carbocycles. The number of benzene rings is 1. The summed E-state index contributed by atoms with van der Waals surface area (Å²) < 4.78 is 0. The third-order valence-corrected chi connectivity index (χ3v) is 2.51. The number of anilines is 1. The molecule has 0 atom stereocenters. The average molecular weight is 177 g/mol. The molecule has 0 saturated carbocycles. The van der Waals surface area contributed by atoms with Crippen LogP contribution in [-0.2, 0) is 12.8 Å². The minimum absolute atomic E-state index is 0.282. The first-order chi connectivity index (χ1) is 6.40. The molecule has 1 aromatic carbocycles. The summed E-state index contributed by atoms with van der Waals surface area (Å²) in [5.74, 6) is 0. The van der Waals surface area contributed by atoms with Crippen LogP contribution in [0.25, 0.3) is 0 Å². The Morgan fingerprint density at radius 1 is 1.38 bits per heavy atom. The van der Waals surface area contributed by atoms with E-state index in [4.69, 9.17) is 5.11 Å². The van der Waals surface area contributed by atoms with Crippen LogP contribution in [0.1, 0.15) is 17.5 Å². The van der Waals surface area contributed by atoms with Gasteiger partial charge in [-0.2, -0.15) is 0 Å². The van der Waals surface area contributed by atoms with E-state index in [1.54, 1.807) is 0 Å². The van der Waals surface area contributed by atoms with Crippen LogP contribution in [0, 0.1) is 0 Å². The summed E-state index contributed by atoms with van der Waals surface area (Å²) in [6.07, 6.45) is 2.99. The molecular weight excluding hydrogens is 162 g/mol. The second-order valence-corrected chi connectivity index (χ2v) is 3.50. The number of aliphatic hydroxyl groups excluding tert-OH is 1. The first-order valence-corrected chi connectivity index (χ1v) is 4.86. The lowest BCUT2D eigenvalue weighted by Gasteiger charge is -2.03. The number of hydrogen-bond acceptors (Lipinski definition) is 2. The maximum absolute atomic E-state index is 8.71. The highest BCUT2D eigenvalue weighted by Gasteiger charge is 2.09. The highest BCUT2D eigenvalue weighted by Crippen LogP contribution is 2.23. The van der Waals surface area contributed by atoms with Crippen molar-refractivity contribution in [1.82, 2.24) is 0 Å². The SMILES string of the molecule is OCCCc1ccc2c(c1)NCC2. The van der Waals surface area contributed by atoms with E-state index in [1.807, 2.05) is 0 Å². The maximum Gasteiger partial charge on any atom is 0.0434 e. The Balaban J connectivity index is 2.12. The van der Waals surface area contributed by atoms with E-state index < -0.39 is 0 Å². The van der Waals surface area contributed by atoms with Gasteiger partial charge >= 0.3 is 0 Å². The summed E-state index contributed by atoms with van der Waals surface area (Å²) in [5, 5.41) is 12.1. The van der Waals surface area contributed by atoms with E-state index in [0.29, 0.717) is 0 Å². The standard InChI is InChI=1S/C11H15NO/c13-7-1-2-9-3-4-10-5-6-12-11(10)8-9/h3-4,8,12-13H,1-2,5-7H2. The van der Waals surface area contributed by atoms with Crippen molar-refractivity contribution in [1.29, 1.82) is 0 Å². The molecule has 0 unspecified atom stereocenters. The van der Waals surface area contributed by atoms with Crippen LogP contribution in [-0.4, -0.2) is 18.3 Å². The van der Waals surface area contributed by atoms with Crippen LogP contribution < -0.4 is 5.32 Å². The Morgan fingerprint density at radius 2 is 2.31 bits per heavy atom. The van der Waals surface area contributed by atoms with Gasteiger partial charge in [-0.15, -0.1) is 0 Å². The van der Waals surface area contributed by atoms with Gasteiger partial charge in [0.25, 0.3) is 0 Å². The predicted molar refractivity (Wildman–Crippen MR) is 54.0 cm³/mol. The fraction of sp³-hybridized carbons (Fsp3) is 0.455. The molecule has 1 aliphatic heterocycles. The maximum atomic E-state index is 8.71. The van der Waals surface area contributed by atoms with Gasteiger partial charge in [0, 0.05) is 18.8 Å². The molecular formula is C11H15NO. The molecule has 0 saturated heterocycles. The molecule has 2 rings (SSSR count). The normalized spacial score (nSPS) is 13.9. The molecule has 2 heteroatoms. The van der Waals surface area contributed by atoms with Crippen molar-refractivity contribution in [3.8, 4) is 0 Å². The van der Waals surface area contributed by atoms with Crippen molar-refractivity contribution in [2.45, 2.75) is 19.3 Å². The fourth-order valence-corrected chi connectivity index (χ4v) is 1.78. The van der Waals surface area contributed by atoms with Gasteiger partial charge in [-0.3, -0.25) is 0 Å². The molecule has 70 valence electrons. The third kappa shape index (κ3) is 1.83. The van der Waals surface area contributed by atoms with Crippen LogP contribution in [0.2, 0.25) is 0 Å². The Labute approximate surface area is 78.6 Å². The first-order valence-electron chi connectivity index (χ1n) is 4.86. The monoisotopic (exact) mass is 177 g/mol. The molecule has 0 aromatic heterocycles. The van der Waals surface area contributed by atoms with Crippen molar-refractivity contribution in [3.63, 3.8) is 0 Å². The summed E-state index contributed by atoms with van der Waals surface area (Å²) in [6, 6.07) is 6.57. The summed E-state index contributed by atoms with van der Waals surface area (Å²) >= 11 is 0. The van der Waals surface area contributed by atoms with Gasteiger partial charge < -0.3 is 10.4 Å².